The van der Waals surface area contributed by atoms with Crippen molar-refractivity contribution >= 4 is 27.8 Å². The molecule has 1 saturated carbocycles. The van der Waals surface area contributed by atoms with Crippen LogP contribution in [0.5, 0.6) is 5.75 Å². The quantitative estimate of drug-likeness (QED) is 0.763. The molecule has 0 radical (unpaired) electrons. The average Bonchev–Trinajstić information content (AvgIpc) is 3.22. The minimum atomic E-state index is -0.760. The smallest absolute Gasteiger partial charge is 0.310 e. The Morgan fingerprint density at radius 2 is 2.19 bits per heavy atom. The lowest BCUT2D eigenvalue weighted by Crippen LogP contribution is -2.37. The van der Waals surface area contributed by atoms with Crippen LogP contribution in [0.3, 0.4) is 0 Å². The summed E-state index contributed by atoms with van der Waals surface area (Å²) in [4.78, 5) is 23.3. The first kappa shape index (κ1) is 15.8. The molecule has 0 saturated heterocycles. The lowest BCUT2D eigenvalue weighted by atomic mass is 10.3. The number of carbonyl (C=O) groups is 2. The molecule has 2 rings (SSSR count). The number of carbonyl (C=O) groups excluding carboxylic acids is 2. The Kier molecular flexibility index (Phi) is 5.61. The fourth-order valence-corrected chi connectivity index (χ4v) is 2.04. The molecule has 0 unspecified atom stereocenters. The van der Waals surface area contributed by atoms with E-state index in [9.17, 15) is 9.59 Å². The molecular weight excluding hydrogens is 338 g/mol. The van der Waals surface area contributed by atoms with Gasteiger partial charge in [0.15, 0.2) is 6.10 Å². The summed E-state index contributed by atoms with van der Waals surface area (Å²) in [5.74, 6) is -0.00102. The van der Waals surface area contributed by atoms with Crippen molar-refractivity contribution in [3.05, 3.63) is 28.7 Å². The third-order valence-electron chi connectivity index (χ3n) is 2.97. The van der Waals surface area contributed by atoms with Gasteiger partial charge < -0.3 is 14.8 Å². The van der Waals surface area contributed by atoms with Crippen LogP contribution in [0.1, 0.15) is 26.2 Å². The third-order valence-corrected chi connectivity index (χ3v) is 3.47. The summed E-state index contributed by atoms with van der Waals surface area (Å²) in [5, 5.41) is 2.79. The molecule has 1 aromatic rings. The molecule has 1 atom stereocenters. The first-order valence-corrected chi connectivity index (χ1v) is 7.72. The van der Waals surface area contributed by atoms with Crippen molar-refractivity contribution in [2.45, 2.75) is 38.3 Å². The van der Waals surface area contributed by atoms with Crippen molar-refractivity contribution in [2.75, 3.05) is 6.61 Å². The largest absolute Gasteiger partial charge is 0.493 e. The zero-order chi connectivity index (χ0) is 15.2. The zero-order valence-electron chi connectivity index (χ0n) is 11.8. The van der Waals surface area contributed by atoms with E-state index in [2.05, 4.69) is 21.2 Å². The maximum Gasteiger partial charge on any atom is 0.310 e. The van der Waals surface area contributed by atoms with Gasteiger partial charge in [0.1, 0.15) is 5.75 Å². The van der Waals surface area contributed by atoms with E-state index < -0.39 is 12.1 Å². The molecule has 1 N–H and O–H groups in total. The van der Waals surface area contributed by atoms with Gasteiger partial charge in [0, 0.05) is 10.5 Å². The van der Waals surface area contributed by atoms with Crippen LogP contribution in [0.15, 0.2) is 28.7 Å². The highest BCUT2D eigenvalue weighted by molar-refractivity contribution is 9.10. The number of hydrogen-bond acceptors (Lipinski definition) is 4. The van der Waals surface area contributed by atoms with E-state index >= 15 is 0 Å². The Balaban J connectivity index is 1.65. The van der Waals surface area contributed by atoms with Crippen molar-refractivity contribution in [1.82, 2.24) is 5.32 Å². The maximum atomic E-state index is 11.6. The molecule has 21 heavy (non-hydrogen) atoms. The second kappa shape index (κ2) is 7.45. The van der Waals surface area contributed by atoms with E-state index in [4.69, 9.17) is 9.47 Å². The van der Waals surface area contributed by atoms with Gasteiger partial charge in [0.2, 0.25) is 0 Å². The van der Waals surface area contributed by atoms with Crippen LogP contribution in [0.25, 0.3) is 0 Å². The number of ether oxygens (including phenoxy) is 2. The van der Waals surface area contributed by atoms with Crippen LogP contribution in [0.2, 0.25) is 0 Å². The number of esters is 1. The predicted octanol–water partition coefficient (Wildman–Crippen LogP) is 2.43. The third kappa shape index (κ3) is 5.75. The van der Waals surface area contributed by atoms with Crippen molar-refractivity contribution in [1.29, 1.82) is 0 Å². The summed E-state index contributed by atoms with van der Waals surface area (Å²) in [7, 11) is 0. The van der Waals surface area contributed by atoms with Crippen LogP contribution in [-0.2, 0) is 14.3 Å². The predicted molar refractivity (Wildman–Crippen MR) is 81.0 cm³/mol. The number of amides is 1. The molecule has 1 fully saturated rings. The number of benzene rings is 1. The molecule has 114 valence electrons. The molecule has 0 heterocycles. The molecule has 1 aliphatic rings. The number of rotatable bonds is 7. The van der Waals surface area contributed by atoms with Crippen LogP contribution in [-0.4, -0.2) is 30.6 Å². The van der Waals surface area contributed by atoms with Gasteiger partial charge >= 0.3 is 5.97 Å². The summed E-state index contributed by atoms with van der Waals surface area (Å²) < 4.78 is 11.4. The Hall–Kier alpha value is -1.56. The SMILES string of the molecule is C[C@@H](OC(=O)CCOc1cccc(Br)c1)C(=O)NC1CC1. The minimum absolute atomic E-state index is 0.105. The lowest BCUT2D eigenvalue weighted by Gasteiger charge is -2.13. The van der Waals surface area contributed by atoms with Gasteiger partial charge in [0.05, 0.1) is 13.0 Å². The highest BCUT2D eigenvalue weighted by Gasteiger charge is 2.27. The summed E-state index contributed by atoms with van der Waals surface area (Å²) in [6, 6.07) is 7.63. The number of hydrogen-bond donors (Lipinski definition) is 1. The van der Waals surface area contributed by atoms with E-state index in [1.54, 1.807) is 6.92 Å². The van der Waals surface area contributed by atoms with Gasteiger partial charge in [-0.3, -0.25) is 9.59 Å². The molecular formula is C15H18BrNO4. The van der Waals surface area contributed by atoms with Crippen molar-refractivity contribution in [3.8, 4) is 5.75 Å². The molecule has 0 bridgehead atoms. The summed E-state index contributed by atoms with van der Waals surface area (Å²) in [6.07, 6.45) is 1.36. The fourth-order valence-electron chi connectivity index (χ4n) is 1.66. The average molecular weight is 356 g/mol. The standard InChI is InChI=1S/C15H18BrNO4/c1-10(15(19)17-12-5-6-12)21-14(18)7-8-20-13-4-2-3-11(16)9-13/h2-4,9-10,12H,5-8H2,1H3,(H,17,19)/t10-/m1/s1. The van der Waals surface area contributed by atoms with Crippen molar-refractivity contribution in [2.24, 2.45) is 0 Å². The van der Waals surface area contributed by atoms with E-state index in [0.29, 0.717) is 5.75 Å². The first-order valence-electron chi connectivity index (χ1n) is 6.93. The Labute approximate surface area is 132 Å². The van der Waals surface area contributed by atoms with Crippen molar-refractivity contribution in [3.63, 3.8) is 0 Å². The highest BCUT2D eigenvalue weighted by atomic mass is 79.9. The summed E-state index contributed by atoms with van der Waals surface area (Å²) >= 11 is 3.34. The monoisotopic (exact) mass is 355 g/mol. The van der Waals surface area contributed by atoms with Gasteiger partial charge in [-0.2, -0.15) is 0 Å². The summed E-state index contributed by atoms with van der Waals surface area (Å²) in [6.45, 7) is 1.79. The molecule has 6 heteroatoms. The van der Waals surface area contributed by atoms with Crippen molar-refractivity contribution < 1.29 is 19.1 Å². The molecule has 1 amide bonds. The Morgan fingerprint density at radius 1 is 1.43 bits per heavy atom. The molecule has 1 aromatic carbocycles. The fraction of sp³-hybridized carbons (Fsp3) is 0.467. The molecule has 0 aliphatic heterocycles. The normalized spacial score (nSPS) is 15.1. The Bertz CT molecular complexity index is 516. The molecule has 5 nitrogen and oxygen atoms in total. The van der Waals surface area contributed by atoms with Crippen LogP contribution >= 0.6 is 15.9 Å². The Morgan fingerprint density at radius 3 is 2.86 bits per heavy atom. The van der Waals surface area contributed by atoms with Crippen LogP contribution in [0.4, 0.5) is 0 Å². The van der Waals surface area contributed by atoms with Gasteiger partial charge in [-0.05, 0) is 38.0 Å². The zero-order valence-corrected chi connectivity index (χ0v) is 13.4. The lowest BCUT2D eigenvalue weighted by molar-refractivity contribution is -0.155. The second-order valence-corrected chi connectivity index (χ2v) is 5.89. The highest BCUT2D eigenvalue weighted by Crippen LogP contribution is 2.19. The van der Waals surface area contributed by atoms with Crippen LogP contribution in [0, 0.1) is 0 Å². The number of nitrogens with one attached hydrogen (secondary N) is 1. The topological polar surface area (TPSA) is 64.6 Å². The van der Waals surface area contributed by atoms with Crippen LogP contribution < -0.4 is 10.1 Å². The van der Waals surface area contributed by atoms with E-state index in [1.165, 1.54) is 0 Å². The summed E-state index contributed by atoms with van der Waals surface area (Å²) in [5.41, 5.74) is 0. The number of halogens is 1. The molecule has 1 aliphatic carbocycles. The van der Waals surface area contributed by atoms with Gasteiger partial charge in [-0.1, -0.05) is 22.0 Å². The van der Waals surface area contributed by atoms with E-state index in [-0.39, 0.29) is 25.0 Å². The van der Waals surface area contributed by atoms with Gasteiger partial charge in [-0.25, -0.2) is 0 Å². The second-order valence-electron chi connectivity index (χ2n) is 4.97. The van der Waals surface area contributed by atoms with Gasteiger partial charge in [-0.15, -0.1) is 0 Å². The molecule has 0 spiro atoms. The first-order chi connectivity index (χ1) is 10.0. The maximum absolute atomic E-state index is 11.6. The minimum Gasteiger partial charge on any atom is -0.493 e. The van der Waals surface area contributed by atoms with Gasteiger partial charge in [0.25, 0.3) is 5.91 Å². The van der Waals surface area contributed by atoms with E-state index in [1.807, 2.05) is 24.3 Å². The molecule has 0 aromatic heterocycles. The van der Waals surface area contributed by atoms with E-state index in [0.717, 1.165) is 17.3 Å².